The van der Waals surface area contributed by atoms with Gasteiger partial charge in [0.25, 0.3) is 0 Å². The van der Waals surface area contributed by atoms with Gasteiger partial charge in [0.2, 0.25) is 0 Å². The number of rotatable bonds is 2. The number of hydrogen-bond donors (Lipinski definition) is 0. The Morgan fingerprint density at radius 3 is 2.50 bits per heavy atom. The minimum Gasteiger partial charge on any atom is -0.293 e. The molecular formula is C10H10OS. The molecule has 0 aromatic heterocycles. The molecule has 12 heavy (non-hydrogen) atoms. The first-order valence-electron chi connectivity index (χ1n) is 4.09. The second-order valence-electron chi connectivity index (χ2n) is 2.88. The predicted octanol–water partition coefficient (Wildman–Crippen LogP) is 2.37. The van der Waals surface area contributed by atoms with E-state index in [-0.39, 0.29) is 5.25 Å². The summed E-state index contributed by atoms with van der Waals surface area (Å²) < 4.78 is 0. The summed E-state index contributed by atoms with van der Waals surface area (Å²) in [6.07, 6.45) is 1.05. The largest absolute Gasteiger partial charge is 0.293 e. The van der Waals surface area contributed by atoms with Crippen LogP contribution in [0.4, 0.5) is 0 Å². The number of ketones is 1. The maximum atomic E-state index is 11.6. The van der Waals surface area contributed by atoms with Crippen LogP contribution < -0.4 is 0 Å². The highest BCUT2D eigenvalue weighted by molar-refractivity contribution is 8.02. The highest BCUT2D eigenvalue weighted by Gasteiger charge is 2.26. The van der Waals surface area contributed by atoms with Gasteiger partial charge in [0.15, 0.2) is 5.78 Å². The zero-order valence-corrected chi connectivity index (χ0v) is 7.51. The standard InChI is InChI=1S/C10H10OS/c11-10(9-6-7-12-9)8-4-2-1-3-5-8/h1-5,9H,6-7H2. The van der Waals surface area contributed by atoms with Crippen molar-refractivity contribution in [2.24, 2.45) is 0 Å². The van der Waals surface area contributed by atoms with E-state index in [9.17, 15) is 4.79 Å². The van der Waals surface area contributed by atoms with Gasteiger partial charge < -0.3 is 0 Å². The lowest BCUT2D eigenvalue weighted by atomic mass is 10.1. The Morgan fingerprint density at radius 2 is 2.00 bits per heavy atom. The van der Waals surface area contributed by atoms with E-state index in [0.717, 1.165) is 17.7 Å². The average Bonchev–Trinajstić information content (AvgIpc) is 2.03. The van der Waals surface area contributed by atoms with E-state index in [2.05, 4.69) is 0 Å². The summed E-state index contributed by atoms with van der Waals surface area (Å²) in [5.41, 5.74) is 0.856. The minimum absolute atomic E-state index is 0.243. The average molecular weight is 178 g/mol. The van der Waals surface area contributed by atoms with Crippen LogP contribution >= 0.6 is 11.8 Å². The normalized spacial score (nSPS) is 21.5. The number of Topliss-reactive ketones (excluding diaryl/α,β-unsaturated/α-hetero) is 1. The minimum atomic E-state index is 0.243. The van der Waals surface area contributed by atoms with Crippen molar-refractivity contribution in [1.29, 1.82) is 0 Å². The number of carbonyl (C=O) groups excluding carboxylic acids is 1. The van der Waals surface area contributed by atoms with E-state index in [1.165, 1.54) is 0 Å². The third-order valence-electron chi connectivity index (χ3n) is 2.05. The van der Waals surface area contributed by atoms with Gasteiger partial charge in [-0.3, -0.25) is 4.79 Å². The van der Waals surface area contributed by atoms with Crippen molar-refractivity contribution >= 4 is 17.5 Å². The SMILES string of the molecule is O=C(c1ccccc1)C1CCS1. The molecule has 0 N–H and O–H groups in total. The summed E-state index contributed by atoms with van der Waals surface area (Å²) in [4.78, 5) is 11.6. The van der Waals surface area contributed by atoms with Gasteiger partial charge in [-0.15, -0.1) is 0 Å². The molecule has 0 spiro atoms. The van der Waals surface area contributed by atoms with Gasteiger partial charge in [-0.2, -0.15) is 11.8 Å². The third-order valence-corrected chi connectivity index (χ3v) is 3.37. The monoisotopic (exact) mass is 178 g/mol. The van der Waals surface area contributed by atoms with Crippen LogP contribution in [-0.4, -0.2) is 16.8 Å². The number of benzene rings is 1. The molecule has 2 heteroatoms. The number of hydrogen-bond acceptors (Lipinski definition) is 2. The Bertz CT molecular complexity index is 277. The highest BCUT2D eigenvalue weighted by atomic mass is 32.2. The van der Waals surface area contributed by atoms with Gasteiger partial charge in [-0.05, 0) is 12.2 Å². The molecule has 0 bridgehead atoms. The maximum absolute atomic E-state index is 11.6. The van der Waals surface area contributed by atoms with Gasteiger partial charge in [-0.1, -0.05) is 30.3 Å². The fourth-order valence-corrected chi connectivity index (χ4v) is 1.99. The molecular weight excluding hydrogens is 168 g/mol. The van der Waals surface area contributed by atoms with Crippen molar-refractivity contribution < 1.29 is 4.79 Å². The van der Waals surface area contributed by atoms with Gasteiger partial charge in [0, 0.05) is 5.56 Å². The lowest BCUT2D eigenvalue weighted by molar-refractivity contribution is 0.0984. The third kappa shape index (κ3) is 1.39. The van der Waals surface area contributed by atoms with Crippen LogP contribution in [0.1, 0.15) is 16.8 Å². The van der Waals surface area contributed by atoms with E-state index < -0.39 is 0 Å². The lowest BCUT2D eigenvalue weighted by Gasteiger charge is -2.23. The van der Waals surface area contributed by atoms with Gasteiger partial charge in [0.1, 0.15) is 0 Å². The maximum Gasteiger partial charge on any atom is 0.175 e. The molecule has 1 aliphatic heterocycles. The van der Waals surface area contributed by atoms with Gasteiger partial charge in [0.05, 0.1) is 5.25 Å². The molecule has 1 saturated heterocycles. The first kappa shape index (κ1) is 7.87. The Morgan fingerprint density at radius 1 is 1.33 bits per heavy atom. The molecule has 1 aromatic rings. The van der Waals surface area contributed by atoms with Crippen molar-refractivity contribution in [2.45, 2.75) is 11.7 Å². The summed E-state index contributed by atoms with van der Waals surface area (Å²) in [5, 5.41) is 0.243. The van der Waals surface area contributed by atoms with E-state index in [1.807, 2.05) is 30.3 Å². The van der Waals surface area contributed by atoms with Crippen LogP contribution in [0.15, 0.2) is 30.3 Å². The Kier molecular flexibility index (Phi) is 2.17. The van der Waals surface area contributed by atoms with E-state index in [1.54, 1.807) is 11.8 Å². The molecule has 1 nitrogen and oxygen atoms in total. The van der Waals surface area contributed by atoms with Gasteiger partial charge in [-0.25, -0.2) is 0 Å². The zero-order valence-electron chi connectivity index (χ0n) is 6.69. The van der Waals surface area contributed by atoms with Crippen LogP contribution in [0.2, 0.25) is 0 Å². The summed E-state index contributed by atoms with van der Waals surface area (Å²) in [6, 6.07) is 9.54. The van der Waals surface area contributed by atoms with Crippen molar-refractivity contribution in [1.82, 2.24) is 0 Å². The molecule has 1 atom stereocenters. The molecule has 62 valence electrons. The topological polar surface area (TPSA) is 17.1 Å². The zero-order chi connectivity index (χ0) is 8.39. The van der Waals surface area contributed by atoms with Crippen LogP contribution in [0.25, 0.3) is 0 Å². The fraction of sp³-hybridized carbons (Fsp3) is 0.300. The summed E-state index contributed by atoms with van der Waals surface area (Å²) in [7, 11) is 0. The number of thioether (sulfide) groups is 1. The van der Waals surface area contributed by atoms with E-state index in [4.69, 9.17) is 0 Å². The first-order chi connectivity index (χ1) is 5.88. The molecule has 1 unspecified atom stereocenters. The summed E-state index contributed by atoms with van der Waals surface area (Å²) >= 11 is 1.76. The molecule has 1 aromatic carbocycles. The smallest absolute Gasteiger partial charge is 0.175 e. The Labute approximate surface area is 76.2 Å². The molecule has 1 fully saturated rings. The second-order valence-corrected chi connectivity index (χ2v) is 4.19. The molecule has 1 aliphatic rings. The molecule has 1 heterocycles. The molecule has 0 aliphatic carbocycles. The molecule has 0 saturated carbocycles. The van der Waals surface area contributed by atoms with Crippen LogP contribution in [-0.2, 0) is 0 Å². The van der Waals surface area contributed by atoms with E-state index >= 15 is 0 Å². The van der Waals surface area contributed by atoms with Crippen molar-refractivity contribution in [3.05, 3.63) is 35.9 Å². The Hall–Kier alpha value is -0.760. The summed E-state index contributed by atoms with van der Waals surface area (Å²) in [6.45, 7) is 0. The Balaban J connectivity index is 2.14. The highest BCUT2D eigenvalue weighted by Crippen LogP contribution is 2.30. The predicted molar refractivity (Wildman–Crippen MR) is 51.6 cm³/mol. The molecule has 0 amide bonds. The second kappa shape index (κ2) is 3.31. The first-order valence-corrected chi connectivity index (χ1v) is 5.13. The van der Waals surface area contributed by atoms with Crippen LogP contribution in [0.3, 0.4) is 0 Å². The van der Waals surface area contributed by atoms with Crippen molar-refractivity contribution in [3.63, 3.8) is 0 Å². The number of carbonyl (C=O) groups is 1. The fourth-order valence-electron chi connectivity index (χ4n) is 1.23. The lowest BCUT2D eigenvalue weighted by Crippen LogP contribution is -2.25. The summed E-state index contributed by atoms with van der Waals surface area (Å²) in [5.74, 6) is 1.44. The van der Waals surface area contributed by atoms with Crippen LogP contribution in [0.5, 0.6) is 0 Å². The molecule has 0 radical (unpaired) electrons. The van der Waals surface area contributed by atoms with Crippen molar-refractivity contribution in [2.75, 3.05) is 5.75 Å². The quantitative estimate of drug-likeness (QED) is 0.647. The van der Waals surface area contributed by atoms with Gasteiger partial charge >= 0.3 is 0 Å². The van der Waals surface area contributed by atoms with Crippen molar-refractivity contribution in [3.8, 4) is 0 Å². The van der Waals surface area contributed by atoms with Crippen LogP contribution in [0, 0.1) is 0 Å². The van der Waals surface area contributed by atoms with E-state index in [0.29, 0.717) is 5.78 Å². The molecule has 2 rings (SSSR count).